The molecule has 2 aliphatic heterocycles. The number of halogens is 1. The Morgan fingerprint density at radius 2 is 1.87 bits per heavy atom. The summed E-state index contributed by atoms with van der Waals surface area (Å²) < 4.78 is 29.0. The van der Waals surface area contributed by atoms with Crippen LogP contribution in [0.25, 0.3) is 0 Å². The highest BCUT2D eigenvalue weighted by atomic mass is 79.9. The van der Waals surface area contributed by atoms with E-state index in [1.807, 2.05) is 6.07 Å². The van der Waals surface area contributed by atoms with Gasteiger partial charge in [0.1, 0.15) is 0 Å². The Labute approximate surface area is 192 Å². The van der Waals surface area contributed by atoms with Crippen LogP contribution in [0.4, 0.5) is 5.69 Å². The Morgan fingerprint density at radius 1 is 1.13 bits per heavy atom. The van der Waals surface area contributed by atoms with Crippen LogP contribution in [-0.4, -0.2) is 50.2 Å². The third kappa shape index (κ3) is 4.54. The minimum absolute atomic E-state index is 0.00830. The van der Waals surface area contributed by atoms with Gasteiger partial charge in [0.05, 0.1) is 10.8 Å². The zero-order chi connectivity index (χ0) is 22.2. The van der Waals surface area contributed by atoms with E-state index in [-0.39, 0.29) is 35.2 Å². The molecule has 170 valence electrons. The molecule has 31 heavy (non-hydrogen) atoms. The van der Waals surface area contributed by atoms with Crippen LogP contribution in [0.15, 0.2) is 21.5 Å². The summed E-state index contributed by atoms with van der Waals surface area (Å²) in [6.45, 7) is 2.98. The fraction of sp³-hybridized carbons (Fsp3) is 0.636. The minimum atomic E-state index is -3.80. The molecule has 0 aromatic heterocycles. The first-order valence-corrected chi connectivity index (χ1v) is 13.5. The topological polar surface area (TPSA) is 86.8 Å². The lowest BCUT2D eigenvalue weighted by Crippen LogP contribution is -2.47. The standard InChI is InChI=1S/C22H30BrN3O4S/c1-2-21(27)26-11-9-15-12-18(23)20(13-19(15)26)31(29,30)25-10-5-6-16(14-25)22(28)24-17-7-3-4-8-17/h12-13,16-17H,2-11,14H2,1H3,(H,24,28). The van der Waals surface area contributed by atoms with Crippen molar-refractivity contribution in [3.05, 3.63) is 22.2 Å². The normalized spacial score (nSPS) is 22.5. The lowest BCUT2D eigenvalue weighted by Gasteiger charge is -2.32. The van der Waals surface area contributed by atoms with Crippen molar-refractivity contribution in [1.82, 2.24) is 9.62 Å². The Morgan fingerprint density at radius 3 is 2.58 bits per heavy atom. The first kappa shape index (κ1) is 22.7. The number of hydrogen-bond acceptors (Lipinski definition) is 4. The number of nitrogens with zero attached hydrogens (tertiary/aromatic N) is 2. The molecule has 2 heterocycles. The summed E-state index contributed by atoms with van der Waals surface area (Å²) in [4.78, 5) is 26.9. The summed E-state index contributed by atoms with van der Waals surface area (Å²) in [5.41, 5.74) is 1.65. The molecule has 1 aromatic carbocycles. The number of amides is 2. The zero-order valence-electron chi connectivity index (χ0n) is 17.9. The van der Waals surface area contributed by atoms with E-state index in [2.05, 4.69) is 21.2 Å². The molecule has 1 aliphatic carbocycles. The first-order chi connectivity index (χ1) is 14.8. The van der Waals surface area contributed by atoms with E-state index in [9.17, 15) is 18.0 Å². The molecule has 0 spiro atoms. The summed E-state index contributed by atoms with van der Waals surface area (Å²) in [7, 11) is -3.80. The summed E-state index contributed by atoms with van der Waals surface area (Å²) in [6.07, 6.45) is 6.75. The van der Waals surface area contributed by atoms with Crippen LogP contribution in [0.1, 0.15) is 57.4 Å². The molecule has 2 fully saturated rings. The molecule has 1 saturated heterocycles. The van der Waals surface area contributed by atoms with Gasteiger partial charge in [-0.2, -0.15) is 4.31 Å². The number of hydrogen-bond donors (Lipinski definition) is 1. The number of carbonyl (C=O) groups excluding carboxylic acids is 2. The molecular weight excluding hydrogens is 482 g/mol. The molecule has 0 bridgehead atoms. The predicted octanol–water partition coefficient (Wildman–Crippen LogP) is 3.21. The van der Waals surface area contributed by atoms with Crippen molar-refractivity contribution in [2.24, 2.45) is 5.92 Å². The molecule has 1 saturated carbocycles. The van der Waals surface area contributed by atoms with Gasteiger partial charge in [-0.05, 0) is 65.7 Å². The number of benzene rings is 1. The Balaban J connectivity index is 1.55. The van der Waals surface area contributed by atoms with Gasteiger partial charge in [0.2, 0.25) is 21.8 Å². The van der Waals surface area contributed by atoms with Gasteiger partial charge in [-0.1, -0.05) is 19.8 Å². The number of sulfonamides is 1. The highest BCUT2D eigenvalue weighted by Gasteiger charge is 2.36. The lowest BCUT2D eigenvalue weighted by atomic mass is 9.98. The van der Waals surface area contributed by atoms with Crippen molar-refractivity contribution >= 4 is 43.5 Å². The molecule has 4 rings (SSSR count). The second kappa shape index (κ2) is 9.19. The SMILES string of the molecule is CCC(=O)N1CCc2cc(Br)c(S(=O)(=O)N3CCCC(C(=O)NC4CCCC4)C3)cc21. The van der Waals surface area contributed by atoms with Gasteiger partial charge in [0, 0.05) is 42.3 Å². The average Bonchev–Trinajstić information content (AvgIpc) is 3.42. The first-order valence-electron chi connectivity index (χ1n) is 11.2. The summed E-state index contributed by atoms with van der Waals surface area (Å²) in [5.74, 6) is -0.360. The average molecular weight is 512 g/mol. The fourth-order valence-corrected chi connectivity index (χ4v) is 7.53. The maximum atomic E-state index is 13.5. The molecule has 2 amide bonds. The van der Waals surface area contributed by atoms with Gasteiger partial charge in [-0.25, -0.2) is 8.42 Å². The van der Waals surface area contributed by atoms with E-state index in [0.29, 0.717) is 48.9 Å². The highest BCUT2D eigenvalue weighted by Crippen LogP contribution is 2.37. The third-order valence-corrected chi connectivity index (χ3v) is 9.53. The minimum Gasteiger partial charge on any atom is -0.353 e. The van der Waals surface area contributed by atoms with Crippen LogP contribution in [0.3, 0.4) is 0 Å². The number of piperidine rings is 1. The van der Waals surface area contributed by atoms with Gasteiger partial charge < -0.3 is 10.2 Å². The second-order valence-electron chi connectivity index (χ2n) is 8.75. The smallest absolute Gasteiger partial charge is 0.244 e. The largest absolute Gasteiger partial charge is 0.353 e. The zero-order valence-corrected chi connectivity index (χ0v) is 20.3. The quantitative estimate of drug-likeness (QED) is 0.657. The lowest BCUT2D eigenvalue weighted by molar-refractivity contribution is -0.126. The van der Waals surface area contributed by atoms with E-state index in [1.54, 1.807) is 17.9 Å². The monoisotopic (exact) mass is 511 g/mol. The Kier molecular flexibility index (Phi) is 6.74. The van der Waals surface area contributed by atoms with Crippen LogP contribution in [0.2, 0.25) is 0 Å². The van der Waals surface area contributed by atoms with Crippen molar-refractivity contribution < 1.29 is 18.0 Å². The van der Waals surface area contributed by atoms with E-state index >= 15 is 0 Å². The summed E-state index contributed by atoms with van der Waals surface area (Å²) in [6, 6.07) is 3.67. The van der Waals surface area contributed by atoms with Crippen LogP contribution >= 0.6 is 15.9 Å². The van der Waals surface area contributed by atoms with Crippen molar-refractivity contribution in [1.29, 1.82) is 0 Å². The maximum absolute atomic E-state index is 13.5. The number of rotatable bonds is 5. The molecule has 1 atom stereocenters. The number of carbonyl (C=O) groups is 2. The molecule has 9 heteroatoms. The van der Waals surface area contributed by atoms with Crippen molar-refractivity contribution in [2.75, 3.05) is 24.5 Å². The molecule has 1 aromatic rings. The molecule has 1 N–H and O–H groups in total. The molecule has 0 radical (unpaired) electrons. The van der Waals surface area contributed by atoms with E-state index in [0.717, 1.165) is 31.2 Å². The number of anilines is 1. The third-order valence-electron chi connectivity index (χ3n) is 6.71. The molecule has 3 aliphatic rings. The van der Waals surface area contributed by atoms with Gasteiger partial charge >= 0.3 is 0 Å². The maximum Gasteiger partial charge on any atom is 0.244 e. The van der Waals surface area contributed by atoms with E-state index in [1.165, 1.54) is 4.31 Å². The second-order valence-corrected chi connectivity index (χ2v) is 11.5. The highest BCUT2D eigenvalue weighted by molar-refractivity contribution is 9.10. The Bertz CT molecular complexity index is 975. The summed E-state index contributed by atoms with van der Waals surface area (Å²) >= 11 is 3.44. The van der Waals surface area contributed by atoms with Crippen LogP contribution in [0.5, 0.6) is 0 Å². The van der Waals surface area contributed by atoms with Gasteiger partial charge in [-0.15, -0.1) is 0 Å². The summed E-state index contributed by atoms with van der Waals surface area (Å²) in [5, 5.41) is 3.12. The number of fused-ring (bicyclic) bond motifs is 1. The van der Waals surface area contributed by atoms with Gasteiger partial charge in [0.25, 0.3) is 0 Å². The molecule has 1 unspecified atom stereocenters. The Hall–Kier alpha value is -1.45. The van der Waals surface area contributed by atoms with Gasteiger partial charge in [-0.3, -0.25) is 9.59 Å². The van der Waals surface area contributed by atoms with E-state index in [4.69, 9.17) is 0 Å². The van der Waals surface area contributed by atoms with Gasteiger partial charge in [0.15, 0.2) is 0 Å². The van der Waals surface area contributed by atoms with Crippen LogP contribution in [-0.2, 0) is 26.0 Å². The van der Waals surface area contributed by atoms with Crippen LogP contribution in [0, 0.1) is 5.92 Å². The van der Waals surface area contributed by atoms with Crippen molar-refractivity contribution in [2.45, 2.75) is 69.2 Å². The predicted molar refractivity (Wildman–Crippen MR) is 122 cm³/mol. The molecular formula is C22H30BrN3O4S. The fourth-order valence-electron chi connectivity index (χ4n) is 4.94. The van der Waals surface area contributed by atoms with Crippen molar-refractivity contribution in [3.8, 4) is 0 Å². The van der Waals surface area contributed by atoms with Crippen LogP contribution < -0.4 is 10.2 Å². The molecule has 7 nitrogen and oxygen atoms in total. The van der Waals surface area contributed by atoms with Crippen molar-refractivity contribution in [3.63, 3.8) is 0 Å². The number of nitrogens with one attached hydrogen (secondary N) is 1. The van der Waals surface area contributed by atoms with E-state index < -0.39 is 10.0 Å².